The van der Waals surface area contributed by atoms with Crippen molar-refractivity contribution in [1.82, 2.24) is 9.27 Å². The second-order valence-electron chi connectivity index (χ2n) is 5.35. The molecular formula is C13H24N4O2S. The molecule has 0 radical (unpaired) electrons. The topological polar surface area (TPSA) is 72.6 Å². The van der Waals surface area contributed by atoms with Crippen molar-refractivity contribution in [3.8, 4) is 5.75 Å². The lowest BCUT2D eigenvalue weighted by molar-refractivity contribution is 0.0368. The van der Waals surface area contributed by atoms with Gasteiger partial charge in [0, 0.05) is 25.7 Å². The normalized spacial score (nSPS) is 18.2. The summed E-state index contributed by atoms with van der Waals surface area (Å²) in [5, 5.41) is 4.37. The van der Waals surface area contributed by atoms with Gasteiger partial charge in [-0.2, -0.15) is 4.37 Å². The molecule has 2 heterocycles. The Morgan fingerprint density at radius 1 is 1.40 bits per heavy atom. The van der Waals surface area contributed by atoms with Crippen LogP contribution in [-0.4, -0.2) is 54.3 Å². The Morgan fingerprint density at radius 2 is 2.10 bits per heavy atom. The standard InChI is InChI=1S/C13H24N4O2S/c1-9(2)19-11-12(14)16-20-13(11)15-10(3)8-17-4-6-18-7-5-17/h9-10,15H,4-8H2,1-3H3,(H2,14,16). The van der Waals surface area contributed by atoms with Crippen LogP contribution in [0.3, 0.4) is 0 Å². The maximum atomic E-state index is 5.86. The number of hydrogen-bond donors (Lipinski definition) is 2. The Balaban J connectivity index is 1.91. The lowest BCUT2D eigenvalue weighted by atomic mass is 10.3. The summed E-state index contributed by atoms with van der Waals surface area (Å²) in [6, 6.07) is 0.308. The van der Waals surface area contributed by atoms with E-state index in [1.165, 1.54) is 11.5 Å². The van der Waals surface area contributed by atoms with Crippen LogP contribution < -0.4 is 15.8 Å². The number of rotatable bonds is 6. The first-order valence-corrected chi connectivity index (χ1v) is 7.82. The van der Waals surface area contributed by atoms with Crippen LogP contribution >= 0.6 is 11.5 Å². The molecule has 0 aromatic carbocycles. The van der Waals surface area contributed by atoms with E-state index in [1.807, 2.05) is 13.8 Å². The SMILES string of the molecule is CC(CN1CCOCC1)Nc1snc(N)c1OC(C)C. The van der Waals surface area contributed by atoms with Crippen LogP contribution in [0.5, 0.6) is 5.75 Å². The van der Waals surface area contributed by atoms with E-state index in [9.17, 15) is 0 Å². The smallest absolute Gasteiger partial charge is 0.197 e. The first kappa shape index (κ1) is 15.3. The molecular weight excluding hydrogens is 276 g/mol. The molecule has 1 aliphatic heterocycles. The van der Waals surface area contributed by atoms with Crippen molar-refractivity contribution < 1.29 is 9.47 Å². The molecule has 0 bridgehead atoms. The van der Waals surface area contributed by atoms with Crippen LogP contribution in [0.15, 0.2) is 0 Å². The number of nitrogens with two attached hydrogens (primary N) is 1. The molecule has 0 amide bonds. The zero-order valence-corrected chi connectivity index (χ0v) is 13.2. The third kappa shape index (κ3) is 4.22. The van der Waals surface area contributed by atoms with Crippen molar-refractivity contribution in [2.45, 2.75) is 32.9 Å². The minimum absolute atomic E-state index is 0.0869. The van der Waals surface area contributed by atoms with Gasteiger partial charge in [-0.05, 0) is 32.3 Å². The highest BCUT2D eigenvalue weighted by molar-refractivity contribution is 7.11. The van der Waals surface area contributed by atoms with Gasteiger partial charge in [0.2, 0.25) is 0 Å². The van der Waals surface area contributed by atoms with Gasteiger partial charge >= 0.3 is 0 Å². The van der Waals surface area contributed by atoms with Gasteiger partial charge < -0.3 is 20.5 Å². The largest absolute Gasteiger partial charge is 0.484 e. The molecule has 1 aromatic rings. The van der Waals surface area contributed by atoms with Gasteiger partial charge in [0.1, 0.15) is 0 Å². The molecule has 1 fully saturated rings. The van der Waals surface area contributed by atoms with Crippen LogP contribution in [0.2, 0.25) is 0 Å². The van der Waals surface area contributed by atoms with E-state index in [0.29, 0.717) is 17.6 Å². The van der Waals surface area contributed by atoms with Crippen LogP contribution in [0.4, 0.5) is 10.8 Å². The minimum Gasteiger partial charge on any atom is -0.484 e. The molecule has 2 rings (SSSR count). The summed E-state index contributed by atoms with van der Waals surface area (Å²) in [4.78, 5) is 2.40. The first-order chi connectivity index (χ1) is 9.56. The van der Waals surface area contributed by atoms with E-state index >= 15 is 0 Å². The summed E-state index contributed by atoms with van der Waals surface area (Å²) in [7, 11) is 0. The van der Waals surface area contributed by atoms with Crippen molar-refractivity contribution >= 4 is 22.4 Å². The summed E-state index contributed by atoms with van der Waals surface area (Å²) in [5.41, 5.74) is 5.86. The Bertz CT molecular complexity index is 419. The average Bonchev–Trinajstić information content (AvgIpc) is 2.72. The fourth-order valence-electron chi connectivity index (χ4n) is 2.18. The van der Waals surface area contributed by atoms with Crippen LogP contribution in [0, 0.1) is 0 Å². The second kappa shape index (κ2) is 7.10. The van der Waals surface area contributed by atoms with Gasteiger partial charge in [-0.1, -0.05) is 0 Å². The summed E-state index contributed by atoms with van der Waals surface area (Å²) in [6.45, 7) is 10.7. The number of hydrogen-bond acceptors (Lipinski definition) is 7. The van der Waals surface area contributed by atoms with Crippen LogP contribution in [0.1, 0.15) is 20.8 Å². The Hall–Kier alpha value is -1.05. The van der Waals surface area contributed by atoms with Crippen LogP contribution in [-0.2, 0) is 4.74 Å². The number of morpholine rings is 1. The molecule has 1 saturated heterocycles. The zero-order chi connectivity index (χ0) is 14.5. The Kier molecular flexibility index (Phi) is 5.45. The van der Waals surface area contributed by atoms with Crippen LogP contribution in [0.25, 0.3) is 0 Å². The lowest BCUT2D eigenvalue weighted by Crippen LogP contribution is -2.42. The second-order valence-corrected chi connectivity index (χ2v) is 6.12. The van der Waals surface area contributed by atoms with Crippen molar-refractivity contribution in [2.75, 3.05) is 43.9 Å². The highest BCUT2D eigenvalue weighted by Crippen LogP contribution is 2.36. The Morgan fingerprint density at radius 3 is 2.75 bits per heavy atom. The van der Waals surface area contributed by atoms with E-state index in [4.69, 9.17) is 15.2 Å². The monoisotopic (exact) mass is 300 g/mol. The molecule has 1 aromatic heterocycles. The molecule has 1 unspecified atom stereocenters. The number of aromatic nitrogens is 1. The highest BCUT2D eigenvalue weighted by atomic mass is 32.1. The predicted molar refractivity (Wildman–Crippen MR) is 82.6 cm³/mol. The molecule has 7 heteroatoms. The fourth-order valence-corrected chi connectivity index (χ4v) is 2.94. The van der Waals surface area contributed by atoms with Gasteiger partial charge in [0.15, 0.2) is 16.6 Å². The zero-order valence-electron chi connectivity index (χ0n) is 12.4. The minimum atomic E-state index is 0.0869. The van der Waals surface area contributed by atoms with E-state index in [1.54, 1.807) is 0 Å². The molecule has 114 valence electrons. The highest BCUT2D eigenvalue weighted by Gasteiger charge is 2.18. The van der Waals surface area contributed by atoms with Crippen molar-refractivity contribution in [1.29, 1.82) is 0 Å². The van der Waals surface area contributed by atoms with Gasteiger partial charge in [0.25, 0.3) is 0 Å². The lowest BCUT2D eigenvalue weighted by Gasteiger charge is -2.29. The number of nitrogen functional groups attached to an aromatic ring is 1. The summed E-state index contributed by atoms with van der Waals surface area (Å²) >= 11 is 1.35. The third-order valence-electron chi connectivity index (χ3n) is 3.04. The summed E-state index contributed by atoms with van der Waals surface area (Å²) < 4.78 is 15.3. The number of nitrogens with zero attached hydrogens (tertiary/aromatic N) is 2. The van der Waals surface area contributed by atoms with E-state index in [0.717, 1.165) is 37.8 Å². The first-order valence-electron chi connectivity index (χ1n) is 7.04. The molecule has 0 saturated carbocycles. The maximum absolute atomic E-state index is 5.86. The molecule has 0 spiro atoms. The number of ether oxygens (including phenoxy) is 2. The number of nitrogens with one attached hydrogen (secondary N) is 1. The van der Waals surface area contributed by atoms with E-state index < -0.39 is 0 Å². The van der Waals surface area contributed by atoms with Crippen molar-refractivity contribution in [3.05, 3.63) is 0 Å². The molecule has 20 heavy (non-hydrogen) atoms. The molecule has 3 N–H and O–H groups in total. The predicted octanol–water partition coefficient (Wildman–Crippen LogP) is 1.65. The summed E-state index contributed by atoms with van der Waals surface area (Å²) in [5.74, 6) is 1.14. The molecule has 0 aliphatic carbocycles. The van der Waals surface area contributed by atoms with Gasteiger partial charge in [-0.15, -0.1) is 0 Å². The molecule has 1 aliphatic rings. The van der Waals surface area contributed by atoms with E-state index in [2.05, 4.69) is 21.5 Å². The molecule has 1 atom stereocenters. The third-order valence-corrected chi connectivity index (χ3v) is 3.81. The van der Waals surface area contributed by atoms with Gasteiger partial charge in [-0.25, -0.2) is 0 Å². The summed E-state index contributed by atoms with van der Waals surface area (Å²) in [6.07, 6.45) is 0.0869. The van der Waals surface area contributed by atoms with Crippen molar-refractivity contribution in [3.63, 3.8) is 0 Å². The van der Waals surface area contributed by atoms with E-state index in [-0.39, 0.29) is 6.10 Å². The van der Waals surface area contributed by atoms with Gasteiger partial charge in [-0.3, -0.25) is 4.90 Å². The average molecular weight is 300 g/mol. The Labute approximate surface area is 124 Å². The maximum Gasteiger partial charge on any atom is 0.197 e. The van der Waals surface area contributed by atoms with Gasteiger partial charge in [0.05, 0.1) is 19.3 Å². The molecule has 6 nitrogen and oxygen atoms in total. The quantitative estimate of drug-likeness (QED) is 0.832. The fraction of sp³-hybridized carbons (Fsp3) is 0.769. The number of anilines is 2. The van der Waals surface area contributed by atoms with Crippen molar-refractivity contribution in [2.24, 2.45) is 0 Å².